The number of rotatable bonds is 14. The molecule has 10 aromatic rings. The summed E-state index contributed by atoms with van der Waals surface area (Å²) in [7, 11) is 0. The number of aliphatic imine (C=N–C) groups is 3. The van der Waals surface area contributed by atoms with Crippen LogP contribution >= 0.6 is 23.2 Å². The first-order chi connectivity index (χ1) is 39.7. The summed E-state index contributed by atoms with van der Waals surface area (Å²) in [5.74, 6) is -0.633. The maximum absolute atomic E-state index is 13.6. The van der Waals surface area contributed by atoms with E-state index in [2.05, 4.69) is 120 Å². The molecule has 13 rings (SSSR count). The van der Waals surface area contributed by atoms with Gasteiger partial charge in [0.25, 0.3) is 11.8 Å². The fourth-order valence-electron chi connectivity index (χ4n) is 11.0. The van der Waals surface area contributed by atoms with Gasteiger partial charge in [0.05, 0.1) is 54.4 Å². The third-order valence-corrected chi connectivity index (χ3v) is 15.3. The molecule has 6 heterocycles. The predicted molar refractivity (Wildman–Crippen MR) is 318 cm³/mol. The van der Waals surface area contributed by atoms with E-state index < -0.39 is 17.6 Å². The Morgan fingerprint density at radius 3 is 1.52 bits per heavy atom. The van der Waals surface area contributed by atoms with Crippen molar-refractivity contribution in [2.45, 2.75) is 37.0 Å². The van der Waals surface area contributed by atoms with Crippen LogP contribution in [0.15, 0.2) is 228 Å². The van der Waals surface area contributed by atoms with E-state index in [9.17, 15) is 19.8 Å². The van der Waals surface area contributed by atoms with Crippen molar-refractivity contribution < 1.29 is 19.8 Å². The van der Waals surface area contributed by atoms with Gasteiger partial charge in [-0.15, -0.1) is 0 Å². The highest BCUT2D eigenvalue weighted by Gasteiger charge is 2.42. The number of amides is 2. The smallest absolute Gasteiger partial charge is 0.266 e. The summed E-state index contributed by atoms with van der Waals surface area (Å²) < 4.78 is 2.14. The molecule has 0 unspecified atom stereocenters. The number of carbonyl (C=O) groups excluding carboxylic acids is 2. The maximum Gasteiger partial charge on any atom is 0.266 e. The number of fused-ring (bicyclic) bond motifs is 4. The average Bonchev–Trinajstić information content (AvgIpc) is 4.42. The molecule has 0 saturated heterocycles. The molecule has 3 aromatic heterocycles. The van der Waals surface area contributed by atoms with Crippen molar-refractivity contribution in [2.75, 3.05) is 13.2 Å². The molecule has 0 aliphatic carbocycles. The Balaban J connectivity index is 0.000000180. The number of hydrogen-bond donors (Lipinski definition) is 4. The third kappa shape index (κ3) is 10.4. The number of aliphatic hydroxyl groups excluding tert-OH is 2. The fraction of sp³-hybridized carbons (Fsp3) is 0.121. The van der Waals surface area contributed by atoms with Gasteiger partial charge in [-0.25, -0.2) is 14.7 Å². The van der Waals surface area contributed by atoms with Crippen LogP contribution in [0.2, 0.25) is 10.0 Å². The Labute approximate surface area is 477 Å². The summed E-state index contributed by atoms with van der Waals surface area (Å²) in [6, 6.07) is 60.4. The van der Waals surface area contributed by atoms with Crippen LogP contribution < -0.4 is 10.6 Å². The molecule has 15 heteroatoms. The van der Waals surface area contributed by atoms with E-state index in [1.54, 1.807) is 61.2 Å². The van der Waals surface area contributed by atoms with Crippen LogP contribution in [0.4, 0.5) is 11.4 Å². The van der Waals surface area contributed by atoms with E-state index in [0.717, 1.165) is 89.2 Å². The molecule has 3 aliphatic heterocycles. The molecular weight excluding hydrogens is 1050 g/mol. The van der Waals surface area contributed by atoms with Crippen LogP contribution in [0.1, 0.15) is 67.7 Å². The first kappa shape index (κ1) is 52.5. The van der Waals surface area contributed by atoms with Crippen molar-refractivity contribution in [1.82, 2.24) is 30.4 Å². The minimum atomic E-state index is -0.855. The second-order valence-corrected chi connectivity index (χ2v) is 20.7. The molecule has 4 N–H and O–H groups in total. The SMILES string of the molecule is O=C(N[C@H](CO)c1cccc(Cl)c1)C1=Nc2cc3c(-c4ccncc4)nn(C(c4ccccc4)(c4ccccc4)c4ccccc4)c3cc2C1.O=C(N[C@H](CO)c1cccc(Cl)c1)C1=Nc2cc3c(cc2C1)CN=C3c1ccncc1. The van der Waals surface area contributed by atoms with E-state index in [0.29, 0.717) is 46.5 Å². The highest BCUT2D eigenvalue weighted by Crippen LogP contribution is 2.46. The van der Waals surface area contributed by atoms with Crippen molar-refractivity contribution in [3.05, 3.63) is 279 Å². The summed E-state index contributed by atoms with van der Waals surface area (Å²) in [4.78, 5) is 48.9. The van der Waals surface area contributed by atoms with Crippen molar-refractivity contribution in [3.8, 4) is 11.3 Å². The Hall–Kier alpha value is -9.24. The topological polar surface area (TPSA) is 179 Å². The van der Waals surface area contributed by atoms with Crippen LogP contribution in [0, 0.1) is 0 Å². The number of nitrogens with zero attached hydrogens (tertiary/aromatic N) is 7. The lowest BCUT2D eigenvalue weighted by atomic mass is 9.77. The molecule has 7 aromatic carbocycles. The van der Waals surface area contributed by atoms with Gasteiger partial charge in [-0.1, -0.05) is 145 Å². The zero-order valence-electron chi connectivity index (χ0n) is 43.5. The highest BCUT2D eigenvalue weighted by molar-refractivity contribution is 6.41. The summed E-state index contributed by atoms with van der Waals surface area (Å²) in [6.45, 7) is 0.109. The molecule has 0 bridgehead atoms. The van der Waals surface area contributed by atoms with E-state index in [4.69, 9.17) is 33.3 Å². The van der Waals surface area contributed by atoms with Crippen molar-refractivity contribution in [1.29, 1.82) is 0 Å². The van der Waals surface area contributed by atoms with Gasteiger partial charge in [0.15, 0.2) is 0 Å². The number of benzene rings is 7. The van der Waals surface area contributed by atoms with Crippen molar-refractivity contribution in [3.63, 3.8) is 0 Å². The third-order valence-electron chi connectivity index (χ3n) is 14.9. The van der Waals surface area contributed by atoms with Crippen molar-refractivity contribution >= 4 is 74.4 Å². The lowest BCUT2D eigenvalue weighted by molar-refractivity contribution is -0.116. The predicted octanol–water partition coefficient (Wildman–Crippen LogP) is 11.6. The second kappa shape index (κ2) is 22.9. The van der Waals surface area contributed by atoms with Crippen molar-refractivity contribution in [2.24, 2.45) is 15.0 Å². The summed E-state index contributed by atoms with van der Waals surface area (Å²) in [5, 5.41) is 33.2. The zero-order valence-corrected chi connectivity index (χ0v) is 45.0. The molecule has 2 atom stereocenters. The van der Waals surface area contributed by atoms with Crippen LogP contribution in [-0.2, 0) is 34.5 Å². The first-order valence-corrected chi connectivity index (χ1v) is 27.2. The minimum absolute atomic E-state index is 0.230. The number of halogens is 2. The van der Waals surface area contributed by atoms with Crippen LogP contribution in [-0.4, -0.2) is 72.1 Å². The molecule has 81 heavy (non-hydrogen) atoms. The molecular formula is C66H51Cl2N9O4. The first-order valence-electron chi connectivity index (χ1n) is 26.4. The van der Waals surface area contributed by atoms with Gasteiger partial charge >= 0.3 is 0 Å². The van der Waals surface area contributed by atoms with E-state index in [1.807, 2.05) is 66.7 Å². The molecule has 2 amide bonds. The van der Waals surface area contributed by atoms with Gasteiger partial charge in [0.1, 0.15) is 22.7 Å². The monoisotopic (exact) mass is 1100 g/mol. The fourth-order valence-corrected chi connectivity index (χ4v) is 11.4. The number of hydrogen-bond acceptors (Lipinski definition) is 10. The molecule has 0 radical (unpaired) electrons. The summed E-state index contributed by atoms with van der Waals surface area (Å²) in [6.07, 6.45) is 7.82. The average molecular weight is 1110 g/mol. The number of aliphatic hydroxyl groups is 2. The second-order valence-electron chi connectivity index (χ2n) is 19.8. The summed E-state index contributed by atoms with van der Waals surface area (Å²) >= 11 is 12.2. The molecule has 0 saturated carbocycles. The Bertz CT molecular complexity index is 3990. The molecule has 0 fully saturated rings. The van der Waals surface area contributed by atoms with E-state index >= 15 is 0 Å². The Kier molecular flexibility index (Phi) is 14.8. The van der Waals surface area contributed by atoms with Gasteiger partial charge in [-0.2, -0.15) is 5.10 Å². The lowest BCUT2D eigenvalue weighted by Crippen LogP contribution is -2.38. The van der Waals surface area contributed by atoms with Gasteiger partial charge in [-0.3, -0.25) is 24.5 Å². The summed E-state index contributed by atoms with van der Waals surface area (Å²) in [5.41, 5.74) is 14.7. The highest BCUT2D eigenvalue weighted by atomic mass is 35.5. The number of nitrogens with one attached hydrogen (secondary N) is 2. The Morgan fingerprint density at radius 2 is 1.02 bits per heavy atom. The molecule has 398 valence electrons. The largest absolute Gasteiger partial charge is 0.394 e. The number of carbonyl (C=O) groups is 2. The molecule has 3 aliphatic rings. The van der Waals surface area contributed by atoms with Gasteiger partial charge in [-0.05, 0) is 111 Å². The quantitative estimate of drug-likeness (QED) is 0.0782. The van der Waals surface area contributed by atoms with Crippen LogP contribution in [0.25, 0.3) is 22.2 Å². The van der Waals surface area contributed by atoms with Gasteiger partial charge in [0.2, 0.25) is 0 Å². The number of aromatic nitrogens is 4. The van der Waals surface area contributed by atoms with Crippen LogP contribution in [0.3, 0.4) is 0 Å². The Morgan fingerprint density at radius 1 is 0.543 bits per heavy atom. The van der Waals surface area contributed by atoms with Gasteiger partial charge in [0, 0.05) is 69.8 Å². The molecule has 13 nitrogen and oxygen atoms in total. The normalized spacial score (nSPS) is 13.9. The van der Waals surface area contributed by atoms with Gasteiger partial charge < -0.3 is 20.8 Å². The van der Waals surface area contributed by atoms with E-state index in [-0.39, 0.29) is 25.0 Å². The standard InChI is InChI=1S/C42H32ClN5O2.C24H19ClN4O2/c43-34-18-10-11-29(23-34)38(27-49)46-41(50)37-24-30-25-39-35(26-36(30)45-37)40(28-19-21-44-22-20-28)47-48(39)42(31-12-4-1-5-13-31,32-14-6-2-7-15-32)33-16-8-3-9-17-33;25-18-3-1-2-15(9-18)22(13-30)29-24(31)21-10-16-8-17-12-27-23(14-4-6-26-7-5-14)19(17)11-20(16)28-21/h1-23,25-26,38,49H,24,27H2,(H,46,50);1-9,11,22,30H,10,12-13H2,(H,29,31)/t38-;22-/m11/s1. The molecule has 0 spiro atoms. The van der Waals surface area contributed by atoms with E-state index in [1.165, 1.54) is 0 Å². The maximum atomic E-state index is 13.6. The minimum Gasteiger partial charge on any atom is -0.394 e. The lowest BCUT2D eigenvalue weighted by Gasteiger charge is -2.37. The number of pyridine rings is 2. The van der Waals surface area contributed by atoms with Crippen LogP contribution in [0.5, 0.6) is 0 Å². The zero-order chi connectivity index (χ0) is 55.5.